The van der Waals surface area contributed by atoms with Crippen molar-refractivity contribution in [1.82, 2.24) is 14.8 Å². The van der Waals surface area contributed by atoms with Crippen molar-refractivity contribution in [3.8, 4) is 5.88 Å². The minimum absolute atomic E-state index is 0.153. The Balaban J connectivity index is 1.87. The number of ether oxygens (including phenoxy) is 1. The van der Waals surface area contributed by atoms with Crippen molar-refractivity contribution >= 4 is 23.3 Å². The highest BCUT2D eigenvalue weighted by Crippen LogP contribution is 2.29. The summed E-state index contributed by atoms with van der Waals surface area (Å²) in [6, 6.07) is 3.26. The van der Waals surface area contributed by atoms with Crippen LogP contribution >= 0.6 is 11.6 Å². The highest BCUT2D eigenvalue weighted by molar-refractivity contribution is 6.34. The van der Waals surface area contributed by atoms with E-state index in [1.165, 1.54) is 0 Å². The van der Waals surface area contributed by atoms with Gasteiger partial charge in [-0.05, 0) is 32.3 Å². The van der Waals surface area contributed by atoms with E-state index in [1.807, 2.05) is 14.0 Å². The summed E-state index contributed by atoms with van der Waals surface area (Å²) in [5.74, 6) is 0.744. The van der Waals surface area contributed by atoms with Crippen LogP contribution in [-0.2, 0) is 19.9 Å². The number of carbonyl (C=O) groups is 1. The number of nitrogens with zero attached hydrogens (tertiary/aromatic N) is 3. The maximum absolute atomic E-state index is 12.5. The van der Waals surface area contributed by atoms with E-state index < -0.39 is 0 Å². The normalized spacial score (nSPS) is 13.0. The molecule has 0 aliphatic heterocycles. The first kappa shape index (κ1) is 14.8. The van der Waals surface area contributed by atoms with Gasteiger partial charge >= 0.3 is 0 Å². The van der Waals surface area contributed by atoms with Crippen LogP contribution in [0.2, 0.25) is 5.02 Å². The Kier molecular flexibility index (Phi) is 4.02. The summed E-state index contributed by atoms with van der Waals surface area (Å²) in [4.78, 5) is 16.7. The number of anilines is 1. The zero-order valence-electron chi connectivity index (χ0n) is 12.5. The standard InChI is InChI=1S/C15H17ClN4O2/c1-3-22-12-8-7-10(16)13(17-12)15(21)18-14-9-5-4-6-11(9)19-20(14)2/h7-8H,3-6H2,1-2H3,(H,18,21). The van der Waals surface area contributed by atoms with Gasteiger partial charge in [-0.15, -0.1) is 0 Å². The van der Waals surface area contributed by atoms with E-state index >= 15 is 0 Å². The monoisotopic (exact) mass is 320 g/mol. The van der Waals surface area contributed by atoms with Gasteiger partial charge in [0.1, 0.15) is 5.82 Å². The molecule has 1 aliphatic rings. The van der Waals surface area contributed by atoms with E-state index in [2.05, 4.69) is 15.4 Å². The molecule has 0 spiro atoms. The van der Waals surface area contributed by atoms with Crippen LogP contribution in [0, 0.1) is 0 Å². The molecule has 0 atom stereocenters. The number of amides is 1. The molecule has 22 heavy (non-hydrogen) atoms. The van der Waals surface area contributed by atoms with Crippen LogP contribution in [0.4, 0.5) is 5.82 Å². The van der Waals surface area contributed by atoms with E-state index in [0.717, 1.165) is 36.3 Å². The molecule has 2 aromatic rings. The van der Waals surface area contributed by atoms with Gasteiger partial charge in [0.25, 0.3) is 5.91 Å². The first-order valence-electron chi connectivity index (χ1n) is 7.25. The lowest BCUT2D eigenvalue weighted by molar-refractivity contribution is 0.102. The van der Waals surface area contributed by atoms with Gasteiger partial charge in [-0.2, -0.15) is 5.10 Å². The molecule has 6 nitrogen and oxygen atoms in total. The molecule has 1 N–H and O–H groups in total. The van der Waals surface area contributed by atoms with Crippen molar-refractivity contribution in [2.45, 2.75) is 26.2 Å². The van der Waals surface area contributed by atoms with Crippen LogP contribution in [0.1, 0.15) is 35.1 Å². The molecular weight excluding hydrogens is 304 g/mol. The molecule has 1 amide bonds. The Morgan fingerprint density at radius 2 is 2.27 bits per heavy atom. The molecule has 0 bridgehead atoms. The molecule has 0 saturated heterocycles. The summed E-state index contributed by atoms with van der Waals surface area (Å²) < 4.78 is 7.01. The molecule has 0 aromatic carbocycles. The maximum atomic E-state index is 12.5. The number of carbonyl (C=O) groups excluding carboxylic acids is 1. The fourth-order valence-corrected chi connectivity index (χ4v) is 2.85. The van der Waals surface area contributed by atoms with E-state index in [-0.39, 0.29) is 11.6 Å². The molecule has 2 heterocycles. The van der Waals surface area contributed by atoms with Gasteiger partial charge in [-0.1, -0.05) is 11.6 Å². The van der Waals surface area contributed by atoms with Crippen molar-refractivity contribution in [3.63, 3.8) is 0 Å². The number of halogens is 1. The lowest BCUT2D eigenvalue weighted by atomic mass is 10.2. The van der Waals surface area contributed by atoms with Gasteiger partial charge in [-0.3, -0.25) is 9.48 Å². The van der Waals surface area contributed by atoms with Gasteiger partial charge in [-0.25, -0.2) is 4.98 Å². The summed E-state index contributed by atoms with van der Waals surface area (Å²) in [7, 11) is 1.82. The number of hydrogen-bond acceptors (Lipinski definition) is 4. The Morgan fingerprint density at radius 3 is 3.05 bits per heavy atom. The second-order valence-corrected chi connectivity index (χ2v) is 5.53. The lowest BCUT2D eigenvalue weighted by Gasteiger charge is -2.09. The number of pyridine rings is 1. The third-order valence-electron chi connectivity index (χ3n) is 3.63. The SMILES string of the molecule is CCOc1ccc(Cl)c(C(=O)Nc2c3c(nn2C)CCC3)n1. The van der Waals surface area contributed by atoms with Crippen LogP contribution in [0.25, 0.3) is 0 Å². The third kappa shape index (κ3) is 2.66. The fraction of sp³-hybridized carbons (Fsp3) is 0.400. The average Bonchev–Trinajstić information content (AvgIpc) is 3.04. The largest absolute Gasteiger partial charge is 0.478 e. The van der Waals surface area contributed by atoms with E-state index in [0.29, 0.717) is 17.5 Å². The topological polar surface area (TPSA) is 69.0 Å². The highest BCUT2D eigenvalue weighted by Gasteiger charge is 2.23. The van der Waals surface area contributed by atoms with Crippen LogP contribution in [-0.4, -0.2) is 27.3 Å². The smallest absolute Gasteiger partial charge is 0.277 e. The molecule has 116 valence electrons. The molecule has 0 unspecified atom stereocenters. The lowest BCUT2D eigenvalue weighted by Crippen LogP contribution is -2.18. The van der Waals surface area contributed by atoms with Gasteiger partial charge in [0, 0.05) is 18.7 Å². The zero-order valence-corrected chi connectivity index (χ0v) is 13.3. The van der Waals surface area contributed by atoms with Crippen LogP contribution in [0.15, 0.2) is 12.1 Å². The number of aromatic nitrogens is 3. The Bertz CT molecular complexity index is 727. The number of hydrogen-bond donors (Lipinski definition) is 1. The molecule has 3 rings (SSSR count). The summed E-state index contributed by atoms with van der Waals surface area (Å²) in [6.45, 7) is 2.33. The third-order valence-corrected chi connectivity index (χ3v) is 3.93. The zero-order chi connectivity index (χ0) is 15.7. The molecule has 0 radical (unpaired) electrons. The van der Waals surface area contributed by atoms with E-state index in [4.69, 9.17) is 16.3 Å². The molecule has 2 aromatic heterocycles. The Labute approximate surface area is 133 Å². The second kappa shape index (κ2) is 5.96. The van der Waals surface area contributed by atoms with Crippen LogP contribution in [0.5, 0.6) is 5.88 Å². The summed E-state index contributed by atoms with van der Waals surface area (Å²) in [6.07, 6.45) is 2.96. The molecule has 0 fully saturated rings. The Morgan fingerprint density at radius 1 is 1.45 bits per heavy atom. The van der Waals surface area contributed by atoms with Gasteiger partial charge in [0.15, 0.2) is 5.69 Å². The predicted molar refractivity (Wildman–Crippen MR) is 83.6 cm³/mol. The summed E-state index contributed by atoms with van der Waals surface area (Å²) in [5, 5.41) is 7.60. The van der Waals surface area contributed by atoms with Crippen molar-refractivity contribution in [2.75, 3.05) is 11.9 Å². The summed E-state index contributed by atoms with van der Waals surface area (Å²) in [5.41, 5.74) is 2.31. The molecule has 7 heteroatoms. The first-order chi connectivity index (χ1) is 10.6. The number of nitrogens with one attached hydrogen (secondary N) is 1. The Hall–Kier alpha value is -2.08. The van der Waals surface area contributed by atoms with Crippen LogP contribution in [0.3, 0.4) is 0 Å². The highest BCUT2D eigenvalue weighted by atomic mass is 35.5. The van der Waals surface area contributed by atoms with Gasteiger partial charge < -0.3 is 10.1 Å². The maximum Gasteiger partial charge on any atom is 0.277 e. The fourth-order valence-electron chi connectivity index (χ4n) is 2.65. The van der Waals surface area contributed by atoms with Gasteiger partial charge in [0.2, 0.25) is 5.88 Å². The number of rotatable bonds is 4. The summed E-state index contributed by atoms with van der Waals surface area (Å²) >= 11 is 6.09. The predicted octanol–water partition coefficient (Wildman–Crippen LogP) is 2.61. The quantitative estimate of drug-likeness (QED) is 0.940. The average molecular weight is 321 g/mol. The van der Waals surface area contributed by atoms with Crippen LogP contribution < -0.4 is 10.1 Å². The number of aryl methyl sites for hydroxylation is 2. The first-order valence-corrected chi connectivity index (χ1v) is 7.63. The number of fused-ring (bicyclic) bond motifs is 1. The van der Waals surface area contributed by atoms with Crippen molar-refractivity contribution in [2.24, 2.45) is 7.05 Å². The van der Waals surface area contributed by atoms with Crippen molar-refractivity contribution in [3.05, 3.63) is 34.1 Å². The molecular formula is C15H17ClN4O2. The van der Waals surface area contributed by atoms with Crippen molar-refractivity contribution in [1.29, 1.82) is 0 Å². The van der Waals surface area contributed by atoms with E-state index in [9.17, 15) is 4.79 Å². The molecule has 0 saturated carbocycles. The minimum atomic E-state index is -0.357. The minimum Gasteiger partial charge on any atom is -0.478 e. The second-order valence-electron chi connectivity index (χ2n) is 5.12. The van der Waals surface area contributed by atoms with Crippen molar-refractivity contribution < 1.29 is 9.53 Å². The van der Waals surface area contributed by atoms with Gasteiger partial charge in [0.05, 0.1) is 17.3 Å². The van der Waals surface area contributed by atoms with E-state index in [1.54, 1.807) is 16.8 Å². The molecule has 1 aliphatic carbocycles.